The lowest BCUT2D eigenvalue weighted by molar-refractivity contribution is 0.565. The molecular weight excluding hydrogens is 204 g/mol. The molecule has 0 heteroatoms. The highest BCUT2D eigenvalue weighted by atomic mass is 14.3. The monoisotopic (exact) mass is 232 g/mol. The number of allylic oxidation sites excluding steroid dienone is 8. The van der Waals surface area contributed by atoms with Crippen LogP contribution in [0.3, 0.4) is 0 Å². The van der Waals surface area contributed by atoms with Gasteiger partial charge in [-0.3, -0.25) is 0 Å². The summed E-state index contributed by atoms with van der Waals surface area (Å²) in [6.45, 7) is 20.1. The smallest absolute Gasteiger partial charge is 0.0142 e. The Kier molecular flexibility index (Phi) is 10.5. The van der Waals surface area contributed by atoms with Gasteiger partial charge in [0.05, 0.1) is 0 Å². The second kappa shape index (κ2) is 9.89. The minimum atomic E-state index is -0.0167. The van der Waals surface area contributed by atoms with E-state index < -0.39 is 0 Å². The molecule has 17 heavy (non-hydrogen) atoms. The molecule has 0 aromatic carbocycles. The maximum Gasteiger partial charge on any atom is 0.0142 e. The summed E-state index contributed by atoms with van der Waals surface area (Å²) in [6, 6.07) is 0. The standard InChI is InChI=1S/C15H22.C2H6/c1-7-11-13(9-3)15(5,6)14(10-4)12-8-2;1-2/h7-12H,1,3H2,2,4-6H3;1-2H3/b12-8-,13-11+,14-10+;. The van der Waals surface area contributed by atoms with Crippen LogP contribution in [0.5, 0.6) is 0 Å². The fourth-order valence-corrected chi connectivity index (χ4v) is 1.67. The molecule has 0 saturated carbocycles. The van der Waals surface area contributed by atoms with E-state index in [4.69, 9.17) is 0 Å². The van der Waals surface area contributed by atoms with Crippen LogP contribution in [0, 0.1) is 5.41 Å². The van der Waals surface area contributed by atoms with E-state index in [-0.39, 0.29) is 5.41 Å². The van der Waals surface area contributed by atoms with Crippen LogP contribution in [0.25, 0.3) is 0 Å². The average molecular weight is 232 g/mol. The van der Waals surface area contributed by atoms with Crippen molar-refractivity contribution in [2.24, 2.45) is 5.41 Å². The Labute approximate surface area is 108 Å². The van der Waals surface area contributed by atoms with Crippen molar-refractivity contribution in [1.82, 2.24) is 0 Å². The molecule has 0 radical (unpaired) electrons. The molecule has 0 rings (SSSR count). The average Bonchev–Trinajstić information content (AvgIpc) is 2.34. The zero-order valence-electron chi connectivity index (χ0n) is 12.4. The van der Waals surface area contributed by atoms with Crippen LogP contribution in [0.2, 0.25) is 0 Å². The van der Waals surface area contributed by atoms with E-state index >= 15 is 0 Å². The van der Waals surface area contributed by atoms with E-state index in [1.54, 1.807) is 0 Å². The first-order chi connectivity index (χ1) is 8.04. The van der Waals surface area contributed by atoms with Gasteiger partial charge in [-0.2, -0.15) is 0 Å². The van der Waals surface area contributed by atoms with Crippen LogP contribution < -0.4 is 0 Å². The first-order valence-electron chi connectivity index (χ1n) is 6.29. The van der Waals surface area contributed by atoms with E-state index in [1.807, 2.05) is 39.0 Å². The summed E-state index contributed by atoms with van der Waals surface area (Å²) in [4.78, 5) is 0. The van der Waals surface area contributed by atoms with Gasteiger partial charge in [0, 0.05) is 5.41 Å². The number of hydrogen-bond donors (Lipinski definition) is 0. The van der Waals surface area contributed by atoms with E-state index in [0.29, 0.717) is 0 Å². The fraction of sp³-hybridized carbons (Fsp3) is 0.412. The lowest BCUT2D eigenvalue weighted by Crippen LogP contribution is -2.15. The van der Waals surface area contributed by atoms with E-state index in [2.05, 4.69) is 52.2 Å². The molecule has 0 N–H and O–H groups in total. The second-order valence-corrected chi connectivity index (χ2v) is 3.93. The van der Waals surface area contributed by atoms with Gasteiger partial charge in [0.15, 0.2) is 0 Å². The SMILES string of the molecule is C=C/C=C(\C=C)C(C)(C)C(/C=C\C)=C/C.CC. The molecule has 0 amide bonds. The fourth-order valence-electron chi connectivity index (χ4n) is 1.67. The van der Waals surface area contributed by atoms with Gasteiger partial charge in [-0.15, -0.1) is 0 Å². The molecule has 0 bridgehead atoms. The van der Waals surface area contributed by atoms with Crippen molar-refractivity contribution in [2.75, 3.05) is 0 Å². The molecule has 0 atom stereocenters. The summed E-state index contributed by atoms with van der Waals surface area (Å²) >= 11 is 0. The Morgan fingerprint density at radius 2 is 1.53 bits per heavy atom. The summed E-state index contributed by atoms with van der Waals surface area (Å²) < 4.78 is 0. The van der Waals surface area contributed by atoms with Crippen LogP contribution in [0.1, 0.15) is 41.5 Å². The maximum atomic E-state index is 3.86. The topological polar surface area (TPSA) is 0 Å². The lowest BCUT2D eigenvalue weighted by atomic mass is 9.76. The molecule has 0 nitrogen and oxygen atoms in total. The molecule has 0 heterocycles. The summed E-state index contributed by atoms with van der Waals surface area (Å²) in [7, 11) is 0. The molecule has 0 saturated heterocycles. The highest BCUT2D eigenvalue weighted by Crippen LogP contribution is 2.36. The van der Waals surface area contributed by atoms with E-state index in [9.17, 15) is 0 Å². The molecule has 0 aliphatic rings. The van der Waals surface area contributed by atoms with Crippen molar-refractivity contribution < 1.29 is 0 Å². The van der Waals surface area contributed by atoms with Crippen molar-refractivity contribution in [3.63, 3.8) is 0 Å². The molecule has 0 aliphatic heterocycles. The van der Waals surface area contributed by atoms with Gasteiger partial charge in [-0.25, -0.2) is 0 Å². The molecule has 0 spiro atoms. The van der Waals surface area contributed by atoms with Gasteiger partial charge < -0.3 is 0 Å². The minimum absolute atomic E-state index is 0.0167. The highest BCUT2D eigenvalue weighted by molar-refractivity contribution is 5.40. The van der Waals surface area contributed by atoms with Crippen LogP contribution in [-0.2, 0) is 0 Å². The Balaban J connectivity index is 0. The van der Waals surface area contributed by atoms with Crippen molar-refractivity contribution in [3.05, 3.63) is 60.8 Å². The highest BCUT2D eigenvalue weighted by Gasteiger charge is 2.23. The van der Waals surface area contributed by atoms with Gasteiger partial charge in [0.1, 0.15) is 0 Å². The normalized spacial score (nSPS) is 13.1. The first kappa shape index (κ1) is 18.1. The third kappa shape index (κ3) is 5.53. The molecule has 0 fully saturated rings. The summed E-state index contributed by atoms with van der Waals surface area (Å²) in [5.41, 5.74) is 2.46. The van der Waals surface area contributed by atoms with Gasteiger partial charge >= 0.3 is 0 Å². The molecule has 0 aliphatic carbocycles. The minimum Gasteiger partial charge on any atom is -0.0991 e. The number of rotatable bonds is 5. The van der Waals surface area contributed by atoms with Crippen LogP contribution >= 0.6 is 0 Å². The third-order valence-electron chi connectivity index (χ3n) is 2.62. The molecule has 0 aromatic heterocycles. The quantitative estimate of drug-likeness (QED) is 0.521. The Bertz CT molecular complexity index is 309. The second-order valence-electron chi connectivity index (χ2n) is 3.93. The molecular formula is C17H28. The van der Waals surface area contributed by atoms with E-state index in [0.717, 1.165) is 0 Å². The Hall–Kier alpha value is -1.30. The maximum absolute atomic E-state index is 3.86. The zero-order chi connectivity index (χ0) is 13.9. The van der Waals surface area contributed by atoms with Gasteiger partial charge in [0.2, 0.25) is 0 Å². The predicted molar refractivity (Wildman–Crippen MR) is 82.2 cm³/mol. The van der Waals surface area contributed by atoms with Crippen LogP contribution in [-0.4, -0.2) is 0 Å². The zero-order valence-corrected chi connectivity index (χ0v) is 12.4. The molecule has 96 valence electrons. The predicted octanol–water partition coefficient (Wildman–Crippen LogP) is 5.86. The summed E-state index contributed by atoms with van der Waals surface area (Å²) in [5, 5.41) is 0. The lowest BCUT2D eigenvalue weighted by Gasteiger charge is -2.28. The third-order valence-corrected chi connectivity index (χ3v) is 2.62. The largest absolute Gasteiger partial charge is 0.0991 e. The summed E-state index contributed by atoms with van der Waals surface area (Å²) in [6.07, 6.45) is 12.1. The van der Waals surface area contributed by atoms with Crippen molar-refractivity contribution in [1.29, 1.82) is 0 Å². The van der Waals surface area contributed by atoms with Crippen molar-refractivity contribution in [2.45, 2.75) is 41.5 Å². The number of hydrogen-bond acceptors (Lipinski definition) is 0. The first-order valence-corrected chi connectivity index (χ1v) is 6.29. The van der Waals surface area contributed by atoms with E-state index in [1.165, 1.54) is 11.1 Å². The Morgan fingerprint density at radius 3 is 1.82 bits per heavy atom. The summed E-state index contributed by atoms with van der Waals surface area (Å²) in [5.74, 6) is 0. The van der Waals surface area contributed by atoms with Crippen molar-refractivity contribution >= 4 is 0 Å². The molecule has 0 unspecified atom stereocenters. The van der Waals surface area contributed by atoms with Gasteiger partial charge in [0.25, 0.3) is 0 Å². The van der Waals surface area contributed by atoms with Crippen molar-refractivity contribution in [3.8, 4) is 0 Å². The van der Waals surface area contributed by atoms with Gasteiger partial charge in [-0.05, 0) is 25.0 Å². The molecule has 0 aromatic rings. The Morgan fingerprint density at radius 1 is 1.00 bits per heavy atom. The van der Waals surface area contributed by atoms with Gasteiger partial charge in [-0.1, -0.05) is 77.3 Å². The van der Waals surface area contributed by atoms with Crippen LogP contribution in [0.4, 0.5) is 0 Å². The van der Waals surface area contributed by atoms with Crippen LogP contribution in [0.15, 0.2) is 60.8 Å².